The van der Waals surface area contributed by atoms with Gasteiger partial charge in [-0.05, 0) is 12.8 Å². The van der Waals surface area contributed by atoms with Gasteiger partial charge in [-0.3, -0.25) is 4.79 Å². The monoisotopic (exact) mass is 130 g/mol. The van der Waals surface area contributed by atoms with Gasteiger partial charge in [-0.15, -0.1) is 0 Å². The minimum atomic E-state index is -0.712. The summed E-state index contributed by atoms with van der Waals surface area (Å²) in [5.41, 5.74) is 0. The number of carboxylic acids is 1. The molecule has 1 aliphatic rings. The third-order valence-corrected chi connectivity index (χ3v) is 1.32. The Labute approximate surface area is 53.6 Å². The molecule has 1 rings (SSSR count). The molecule has 0 saturated carbocycles. The summed E-state index contributed by atoms with van der Waals surface area (Å²) in [5.74, 6) is -0.712. The van der Waals surface area contributed by atoms with E-state index in [0.717, 1.165) is 19.4 Å². The van der Waals surface area contributed by atoms with E-state index >= 15 is 0 Å². The van der Waals surface area contributed by atoms with Crippen molar-refractivity contribution >= 4 is 5.97 Å². The molecule has 1 fully saturated rings. The molecule has 1 saturated heterocycles. The van der Waals surface area contributed by atoms with Crippen LogP contribution in [0.25, 0.3) is 0 Å². The average molecular weight is 130 g/mol. The van der Waals surface area contributed by atoms with Crippen molar-refractivity contribution in [3.8, 4) is 0 Å². The smallest absolute Gasteiger partial charge is 0.303 e. The van der Waals surface area contributed by atoms with Crippen molar-refractivity contribution in [1.29, 1.82) is 0 Å². The Morgan fingerprint density at radius 2 is 2.44 bits per heavy atom. The van der Waals surface area contributed by atoms with Crippen LogP contribution in [0.3, 0.4) is 0 Å². The molecule has 52 valence electrons. The molecule has 3 heteroatoms. The molecule has 1 aliphatic heterocycles. The standard InChI is InChI=1S/C6H10O3/c7-6(8)3-1-2-5-4-9-5/h5H,1-4H2,(H,7,8). The van der Waals surface area contributed by atoms with Gasteiger partial charge in [0.15, 0.2) is 0 Å². The predicted molar refractivity (Wildman–Crippen MR) is 31.2 cm³/mol. The van der Waals surface area contributed by atoms with Crippen LogP contribution in [0.1, 0.15) is 19.3 Å². The van der Waals surface area contributed by atoms with Crippen LogP contribution in [0, 0.1) is 0 Å². The number of rotatable bonds is 4. The lowest BCUT2D eigenvalue weighted by Crippen LogP contribution is -1.95. The van der Waals surface area contributed by atoms with E-state index in [2.05, 4.69) is 0 Å². The van der Waals surface area contributed by atoms with Gasteiger partial charge < -0.3 is 9.84 Å². The first-order chi connectivity index (χ1) is 4.29. The first-order valence-corrected chi connectivity index (χ1v) is 3.12. The zero-order chi connectivity index (χ0) is 6.69. The fourth-order valence-corrected chi connectivity index (χ4v) is 0.716. The summed E-state index contributed by atoms with van der Waals surface area (Å²) in [6.07, 6.45) is 2.32. The highest BCUT2D eigenvalue weighted by molar-refractivity contribution is 5.66. The van der Waals surface area contributed by atoms with Crippen molar-refractivity contribution < 1.29 is 14.6 Å². The van der Waals surface area contributed by atoms with Crippen molar-refractivity contribution in [2.45, 2.75) is 25.4 Å². The van der Waals surface area contributed by atoms with E-state index in [1.165, 1.54) is 0 Å². The summed E-state index contributed by atoms with van der Waals surface area (Å²) in [6.45, 7) is 0.833. The van der Waals surface area contributed by atoms with E-state index in [1.807, 2.05) is 0 Å². The molecule has 0 amide bonds. The summed E-state index contributed by atoms with van der Waals surface area (Å²) in [7, 11) is 0. The molecule has 0 aromatic heterocycles. The predicted octanol–water partition coefficient (Wildman–Crippen LogP) is 0.640. The van der Waals surface area contributed by atoms with Gasteiger partial charge >= 0.3 is 5.97 Å². The molecule has 0 bridgehead atoms. The van der Waals surface area contributed by atoms with E-state index in [0.29, 0.717) is 6.10 Å². The molecular formula is C6H10O3. The molecule has 0 spiro atoms. The Morgan fingerprint density at radius 1 is 1.78 bits per heavy atom. The van der Waals surface area contributed by atoms with Crippen LogP contribution >= 0.6 is 0 Å². The number of epoxide rings is 1. The first-order valence-electron chi connectivity index (χ1n) is 3.12. The van der Waals surface area contributed by atoms with Gasteiger partial charge in [0.1, 0.15) is 0 Å². The maximum absolute atomic E-state index is 9.96. The van der Waals surface area contributed by atoms with Crippen molar-refractivity contribution in [3.05, 3.63) is 0 Å². The molecule has 0 radical (unpaired) electrons. The zero-order valence-electron chi connectivity index (χ0n) is 5.17. The Hall–Kier alpha value is -0.570. The minimum absolute atomic E-state index is 0.278. The second-order valence-corrected chi connectivity index (χ2v) is 2.24. The Morgan fingerprint density at radius 3 is 2.89 bits per heavy atom. The lowest BCUT2D eigenvalue weighted by atomic mass is 10.2. The molecule has 1 atom stereocenters. The number of carboxylic acid groups (broad SMARTS) is 1. The van der Waals surface area contributed by atoms with Gasteiger partial charge in [0.05, 0.1) is 12.7 Å². The van der Waals surface area contributed by atoms with Gasteiger partial charge in [0.25, 0.3) is 0 Å². The van der Waals surface area contributed by atoms with E-state index in [-0.39, 0.29) is 6.42 Å². The normalized spacial score (nSPS) is 23.8. The molecular weight excluding hydrogens is 120 g/mol. The summed E-state index contributed by atoms with van der Waals surface area (Å²) >= 11 is 0. The van der Waals surface area contributed by atoms with Crippen molar-refractivity contribution in [2.75, 3.05) is 6.61 Å². The highest BCUT2D eigenvalue weighted by atomic mass is 16.6. The van der Waals surface area contributed by atoms with Crippen molar-refractivity contribution in [3.63, 3.8) is 0 Å². The maximum atomic E-state index is 9.96. The van der Waals surface area contributed by atoms with Crippen LogP contribution in [0.2, 0.25) is 0 Å². The molecule has 3 nitrogen and oxygen atoms in total. The van der Waals surface area contributed by atoms with Crippen LogP contribution in [-0.4, -0.2) is 23.8 Å². The number of ether oxygens (including phenoxy) is 1. The van der Waals surface area contributed by atoms with E-state index in [1.54, 1.807) is 0 Å². The lowest BCUT2D eigenvalue weighted by molar-refractivity contribution is -0.137. The highest BCUT2D eigenvalue weighted by Crippen LogP contribution is 2.15. The average Bonchev–Trinajstić information content (AvgIpc) is 2.48. The highest BCUT2D eigenvalue weighted by Gasteiger charge is 2.21. The number of aliphatic carboxylic acids is 1. The quantitative estimate of drug-likeness (QED) is 0.568. The van der Waals surface area contributed by atoms with Crippen molar-refractivity contribution in [1.82, 2.24) is 0 Å². The minimum Gasteiger partial charge on any atom is -0.481 e. The van der Waals surface area contributed by atoms with E-state index in [4.69, 9.17) is 9.84 Å². The summed E-state index contributed by atoms with van der Waals surface area (Å²) in [6, 6.07) is 0. The van der Waals surface area contributed by atoms with Gasteiger partial charge in [-0.25, -0.2) is 0 Å². The van der Waals surface area contributed by atoms with Crippen molar-refractivity contribution in [2.24, 2.45) is 0 Å². The Kier molecular flexibility index (Phi) is 2.05. The summed E-state index contributed by atoms with van der Waals surface area (Å²) in [5, 5.41) is 8.21. The molecule has 0 aromatic carbocycles. The maximum Gasteiger partial charge on any atom is 0.303 e. The second kappa shape index (κ2) is 2.82. The van der Waals surface area contributed by atoms with Gasteiger partial charge in [-0.2, -0.15) is 0 Å². The largest absolute Gasteiger partial charge is 0.481 e. The zero-order valence-corrected chi connectivity index (χ0v) is 5.17. The van der Waals surface area contributed by atoms with Crippen LogP contribution < -0.4 is 0 Å². The lowest BCUT2D eigenvalue weighted by Gasteiger charge is -1.89. The topological polar surface area (TPSA) is 49.8 Å². The number of carbonyl (C=O) groups is 1. The molecule has 1 N–H and O–H groups in total. The number of hydrogen-bond donors (Lipinski definition) is 1. The Bertz CT molecular complexity index is 107. The molecule has 1 unspecified atom stereocenters. The first kappa shape index (κ1) is 6.55. The van der Waals surface area contributed by atoms with Crippen LogP contribution in [0.5, 0.6) is 0 Å². The molecule has 0 aromatic rings. The second-order valence-electron chi connectivity index (χ2n) is 2.24. The third-order valence-electron chi connectivity index (χ3n) is 1.32. The fraction of sp³-hybridized carbons (Fsp3) is 0.833. The van der Waals surface area contributed by atoms with Crippen LogP contribution in [-0.2, 0) is 9.53 Å². The third kappa shape index (κ3) is 3.08. The van der Waals surface area contributed by atoms with E-state index in [9.17, 15) is 4.79 Å². The summed E-state index contributed by atoms with van der Waals surface area (Å²) < 4.78 is 4.90. The van der Waals surface area contributed by atoms with Gasteiger partial charge in [0, 0.05) is 6.42 Å². The van der Waals surface area contributed by atoms with Gasteiger partial charge in [-0.1, -0.05) is 0 Å². The fourth-order valence-electron chi connectivity index (χ4n) is 0.716. The SMILES string of the molecule is O=C(O)CCCC1CO1. The van der Waals surface area contributed by atoms with Gasteiger partial charge in [0.2, 0.25) is 0 Å². The summed E-state index contributed by atoms with van der Waals surface area (Å²) in [4.78, 5) is 9.96. The molecule has 1 heterocycles. The number of hydrogen-bond acceptors (Lipinski definition) is 2. The van der Waals surface area contributed by atoms with Crippen LogP contribution in [0.15, 0.2) is 0 Å². The molecule has 9 heavy (non-hydrogen) atoms. The van der Waals surface area contributed by atoms with E-state index < -0.39 is 5.97 Å². The van der Waals surface area contributed by atoms with Crippen LogP contribution in [0.4, 0.5) is 0 Å². The Balaban J connectivity index is 1.86. The molecule has 0 aliphatic carbocycles.